The molecule has 0 saturated heterocycles. The van der Waals surface area contributed by atoms with Crippen LogP contribution in [0.3, 0.4) is 0 Å². The molecule has 2 saturated carbocycles. The van der Waals surface area contributed by atoms with Gasteiger partial charge in [0.15, 0.2) is 0 Å². The molecule has 1 N–H and O–H groups in total. The summed E-state index contributed by atoms with van der Waals surface area (Å²) in [4.78, 5) is 14.3. The van der Waals surface area contributed by atoms with Gasteiger partial charge in [0.25, 0.3) is 0 Å². The highest BCUT2D eigenvalue weighted by molar-refractivity contribution is 5.78. The number of benzene rings is 1. The predicted octanol–water partition coefficient (Wildman–Crippen LogP) is 3.63. The van der Waals surface area contributed by atoms with Crippen molar-refractivity contribution in [2.45, 2.75) is 57.5 Å². The first-order chi connectivity index (χ1) is 11.6. The number of nitrogens with zero attached hydrogens (tertiary/aromatic N) is 1. The van der Waals surface area contributed by atoms with E-state index in [1.807, 2.05) is 4.90 Å². The van der Waals surface area contributed by atoms with Gasteiger partial charge in [0.05, 0.1) is 6.54 Å². The first-order valence-corrected chi connectivity index (χ1v) is 9.06. The van der Waals surface area contributed by atoms with Crippen LogP contribution in [0.25, 0.3) is 0 Å². The van der Waals surface area contributed by atoms with Gasteiger partial charge in [-0.2, -0.15) is 0 Å². The van der Waals surface area contributed by atoms with E-state index in [4.69, 9.17) is 0 Å². The van der Waals surface area contributed by atoms with Crippen molar-refractivity contribution >= 4 is 5.91 Å². The molecule has 1 aromatic carbocycles. The van der Waals surface area contributed by atoms with E-state index in [1.165, 1.54) is 44.2 Å². The lowest BCUT2D eigenvalue weighted by Gasteiger charge is -2.24. The van der Waals surface area contributed by atoms with Gasteiger partial charge >= 0.3 is 0 Å². The van der Waals surface area contributed by atoms with E-state index in [-0.39, 0.29) is 12.5 Å². The number of carbonyl (C=O) groups excluding carboxylic acids is 1. The first kappa shape index (κ1) is 17.3. The summed E-state index contributed by atoms with van der Waals surface area (Å²) in [7, 11) is 0. The molecule has 2 aliphatic carbocycles. The summed E-state index contributed by atoms with van der Waals surface area (Å²) < 4.78 is 26.9. The summed E-state index contributed by atoms with van der Waals surface area (Å²) in [5.74, 6) is -0.496. The summed E-state index contributed by atoms with van der Waals surface area (Å²) in [5, 5.41) is 3.04. The summed E-state index contributed by atoms with van der Waals surface area (Å²) in [6, 6.07) is 3.99. The predicted molar refractivity (Wildman–Crippen MR) is 89.4 cm³/mol. The van der Waals surface area contributed by atoms with Crippen LogP contribution in [-0.4, -0.2) is 29.9 Å². The summed E-state index contributed by atoms with van der Waals surface area (Å²) >= 11 is 0. The zero-order chi connectivity index (χ0) is 16.9. The maximum Gasteiger partial charge on any atom is 0.234 e. The number of hydrogen-bond donors (Lipinski definition) is 1. The molecule has 0 spiro atoms. The minimum Gasteiger partial charge on any atom is -0.355 e. The molecule has 0 bridgehead atoms. The van der Waals surface area contributed by atoms with Crippen LogP contribution in [0.5, 0.6) is 0 Å². The fourth-order valence-corrected chi connectivity index (χ4v) is 3.51. The number of nitrogens with one attached hydrogen (secondary N) is 1. The van der Waals surface area contributed by atoms with Crippen molar-refractivity contribution < 1.29 is 13.6 Å². The number of halogens is 2. The maximum atomic E-state index is 13.9. The molecular weight excluding hydrogens is 310 g/mol. The first-order valence-electron chi connectivity index (χ1n) is 9.06. The van der Waals surface area contributed by atoms with Crippen LogP contribution in [0, 0.1) is 17.6 Å². The van der Waals surface area contributed by atoms with E-state index in [0.717, 1.165) is 25.5 Å². The van der Waals surface area contributed by atoms with Crippen molar-refractivity contribution in [2.75, 3.05) is 13.1 Å². The molecule has 3 nitrogen and oxygen atoms in total. The van der Waals surface area contributed by atoms with Gasteiger partial charge in [0, 0.05) is 30.8 Å². The third-order valence-electron chi connectivity index (χ3n) is 5.11. The van der Waals surface area contributed by atoms with Gasteiger partial charge in [0.1, 0.15) is 11.6 Å². The molecule has 1 aromatic rings. The van der Waals surface area contributed by atoms with Gasteiger partial charge in [-0.1, -0.05) is 25.3 Å². The van der Waals surface area contributed by atoms with Gasteiger partial charge in [0.2, 0.25) is 5.91 Å². The van der Waals surface area contributed by atoms with Gasteiger partial charge in [-0.25, -0.2) is 8.78 Å². The number of hydrogen-bond acceptors (Lipinski definition) is 2. The minimum atomic E-state index is -0.570. The molecule has 2 fully saturated rings. The highest BCUT2D eigenvalue weighted by atomic mass is 19.1. The van der Waals surface area contributed by atoms with Crippen LogP contribution in [-0.2, 0) is 11.3 Å². The fraction of sp³-hybridized carbons (Fsp3) is 0.632. The maximum absolute atomic E-state index is 13.9. The molecule has 5 heteroatoms. The summed E-state index contributed by atoms with van der Waals surface area (Å²) in [6.45, 7) is 1.39. The average molecular weight is 336 g/mol. The molecule has 132 valence electrons. The highest BCUT2D eigenvalue weighted by Crippen LogP contribution is 2.28. The molecule has 0 aliphatic heterocycles. The van der Waals surface area contributed by atoms with Crippen LogP contribution < -0.4 is 5.32 Å². The van der Waals surface area contributed by atoms with Crippen molar-refractivity contribution in [3.05, 3.63) is 35.4 Å². The van der Waals surface area contributed by atoms with Crippen LogP contribution in [0.4, 0.5) is 8.78 Å². The fourth-order valence-electron chi connectivity index (χ4n) is 3.51. The Labute approximate surface area is 142 Å². The Morgan fingerprint density at radius 2 is 1.88 bits per heavy atom. The van der Waals surface area contributed by atoms with Crippen molar-refractivity contribution in [1.82, 2.24) is 10.2 Å². The third-order valence-corrected chi connectivity index (χ3v) is 5.11. The lowest BCUT2D eigenvalue weighted by Crippen LogP contribution is -2.40. The Kier molecular flexibility index (Phi) is 5.82. The van der Waals surface area contributed by atoms with E-state index in [1.54, 1.807) is 0 Å². The molecular formula is C19H26F2N2O. The molecule has 3 rings (SSSR count). The second-order valence-electron chi connectivity index (χ2n) is 7.18. The third kappa shape index (κ3) is 5.00. The molecule has 2 aliphatic rings. The Balaban J connectivity index is 1.51. The topological polar surface area (TPSA) is 32.3 Å². The molecule has 24 heavy (non-hydrogen) atoms. The van der Waals surface area contributed by atoms with Gasteiger partial charge in [-0.15, -0.1) is 0 Å². The Morgan fingerprint density at radius 1 is 1.12 bits per heavy atom. The van der Waals surface area contributed by atoms with Crippen LogP contribution in [0.15, 0.2) is 18.2 Å². The van der Waals surface area contributed by atoms with Crippen LogP contribution >= 0.6 is 0 Å². The Hall–Kier alpha value is -1.49. The van der Waals surface area contributed by atoms with Crippen molar-refractivity contribution in [3.63, 3.8) is 0 Å². The smallest absolute Gasteiger partial charge is 0.234 e. The van der Waals surface area contributed by atoms with Crippen LogP contribution in [0.1, 0.15) is 50.5 Å². The number of carbonyl (C=O) groups is 1. The van der Waals surface area contributed by atoms with Crippen molar-refractivity contribution in [2.24, 2.45) is 5.92 Å². The monoisotopic (exact) mass is 336 g/mol. The van der Waals surface area contributed by atoms with Crippen molar-refractivity contribution in [1.29, 1.82) is 0 Å². The molecule has 1 amide bonds. The minimum absolute atomic E-state index is 0.00925. The number of rotatable bonds is 7. The van der Waals surface area contributed by atoms with E-state index >= 15 is 0 Å². The van der Waals surface area contributed by atoms with Crippen LogP contribution in [0.2, 0.25) is 0 Å². The molecule has 0 aromatic heterocycles. The second-order valence-corrected chi connectivity index (χ2v) is 7.18. The molecule has 0 unspecified atom stereocenters. The zero-order valence-corrected chi connectivity index (χ0v) is 14.1. The summed E-state index contributed by atoms with van der Waals surface area (Å²) in [5.41, 5.74) is 0.448. The van der Waals surface area contributed by atoms with E-state index in [2.05, 4.69) is 5.32 Å². The Morgan fingerprint density at radius 3 is 2.54 bits per heavy atom. The van der Waals surface area contributed by atoms with E-state index in [9.17, 15) is 13.6 Å². The van der Waals surface area contributed by atoms with E-state index < -0.39 is 11.6 Å². The molecule has 0 heterocycles. The van der Waals surface area contributed by atoms with Gasteiger partial charge in [-0.05, 0) is 37.7 Å². The lowest BCUT2D eigenvalue weighted by molar-refractivity contribution is -0.122. The quantitative estimate of drug-likeness (QED) is 0.825. The number of amides is 1. The largest absolute Gasteiger partial charge is 0.355 e. The van der Waals surface area contributed by atoms with Crippen molar-refractivity contribution in [3.8, 4) is 0 Å². The molecule has 0 atom stereocenters. The molecule has 0 radical (unpaired) electrons. The van der Waals surface area contributed by atoms with Gasteiger partial charge < -0.3 is 5.32 Å². The second kappa shape index (κ2) is 8.06. The Bertz CT molecular complexity index is 568. The zero-order valence-electron chi connectivity index (χ0n) is 14.1. The average Bonchev–Trinajstić information content (AvgIpc) is 3.40. The SMILES string of the molecule is O=C(CN(Cc1ccc(F)cc1F)C1CC1)NCC1CCCCC1. The van der Waals surface area contributed by atoms with E-state index in [0.29, 0.717) is 24.1 Å². The highest BCUT2D eigenvalue weighted by Gasteiger charge is 2.31. The summed E-state index contributed by atoms with van der Waals surface area (Å²) in [6.07, 6.45) is 8.32. The van der Waals surface area contributed by atoms with Gasteiger partial charge in [-0.3, -0.25) is 9.69 Å². The normalized spacial score (nSPS) is 18.8. The standard InChI is InChI=1S/C19H26F2N2O/c20-16-7-6-15(18(21)10-16)12-23(17-8-9-17)13-19(24)22-11-14-4-2-1-3-5-14/h6-7,10,14,17H,1-5,8-9,11-13H2,(H,22,24). The lowest BCUT2D eigenvalue weighted by atomic mass is 9.89.